The second-order valence-electron chi connectivity index (χ2n) is 3.23. The predicted octanol–water partition coefficient (Wildman–Crippen LogP) is 2.84. The third kappa shape index (κ3) is 1.45. The monoisotopic (exact) mass is 175 g/mol. The summed E-state index contributed by atoms with van der Waals surface area (Å²) < 4.78 is 5.30. The van der Waals surface area contributed by atoms with Gasteiger partial charge in [-0.3, -0.25) is 0 Å². The van der Waals surface area contributed by atoms with Gasteiger partial charge >= 0.3 is 0 Å². The van der Waals surface area contributed by atoms with Crippen LogP contribution < -0.4 is 5.73 Å². The SMILES string of the molecule is CC[C@@H](N)c1ccc2ccoc2c1. The Morgan fingerprint density at radius 1 is 1.38 bits per heavy atom. The molecule has 2 N–H and O–H groups in total. The maximum atomic E-state index is 5.91. The Balaban J connectivity index is 2.48. The van der Waals surface area contributed by atoms with Crippen molar-refractivity contribution < 1.29 is 4.42 Å². The van der Waals surface area contributed by atoms with E-state index in [9.17, 15) is 0 Å². The third-order valence-corrected chi connectivity index (χ3v) is 2.35. The number of benzene rings is 1. The molecule has 0 saturated carbocycles. The minimum absolute atomic E-state index is 0.120. The molecule has 13 heavy (non-hydrogen) atoms. The zero-order chi connectivity index (χ0) is 9.26. The van der Waals surface area contributed by atoms with E-state index in [0.29, 0.717) is 0 Å². The largest absolute Gasteiger partial charge is 0.464 e. The van der Waals surface area contributed by atoms with Gasteiger partial charge in [-0.1, -0.05) is 19.1 Å². The van der Waals surface area contributed by atoms with Gasteiger partial charge in [0.15, 0.2) is 0 Å². The highest BCUT2D eigenvalue weighted by Crippen LogP contribution is 2.21. The standard InChI is InChI=1S/C11H13NO/c1-2-10(12)9-4-3-8-5-6-13-11(8)7-9/h3-7,10H,2,12H2,1H3/t10-/m1/s1. The average molecular weight is 175 g/mol. The smallest absolute Gasteiger partial charge is 0.134 e. The number of nitrogens with two attached hydrogens (primary N) is 1. The summed E-state index contributed by atoms with van der Waals surface area (Å²) in [5.74, 6) is 0. The second kappa shape index (κ2) is 3.23. The van der Waals surface area contributed by atoms with Crippen molar-refractivity contribution in [1.29, 1.82) is 0 Å². The van der Waals surface area contributed by atoms with Crippen LogP contribution in [0.1, 0.15) is 24.9 Å². The molecule has 1 aromatic carbocycles. The Morgan fingerprint density at radius 3 is 3.00 bits per heavy atom. The highest BCUT2D eigenvalue weighted by atomic mass is 16.3. The van der Waals surface area contributed by atoms with Gasteiger partial charge < -0.3 is 10.2 Å². The number of furan rings is 1. The summed E-state index contributed by atoms with van der Waals surface area (Å²) in [7, 11) is 0. The lowest BCUT2D eigenvalue weighted by atomic mass is 10.0. The molecule has 2 nitrogen and oxygen atoms in total. The minimum atomic E-state index is 0.120. The van der Waals surface area contributed by atoms with Crippen LogP contribution in [0.3, 0.4) is 0 Å². The first-order valence-electron chi connectivity index (χ1n) is 4.54. The number of fused-ring (bicyclic) bond motifs is 1. The lowest BCUT2D eigenvalue weighted by Gasteiger charge is -2.07. The molecule has 0 aliphatic rings. The van der Waals surface area contributed by atoms with Crippen molar-refractivity contribution in [3.63, 3.8) is 0 Å². The molecule has 0 saturated heterocycles. The fraction of sp³-hybridized carbons (Fsp3) is 0.273. The molecule has 0 aliphatic heterocycles. The lowest BCUT2D eigenvalue weighted by molar-refractivity contribution is 0.613. The highest BCUT2D eigenvalue weighted by molar-refractivity contribution is 5.77. The molecule has 0 bridgehead atoms. The van der Waals surface area contributed by atoms with E-state index < -0.39 is 0 Å². The Hall–Kier alpha value is -1.28. The van der Waals surface area contributed by atoms with E-state index in [0.717, 1.165) is 23.0 Å². The molecule has 2 heteroatoms. The molecule has 0 amide bonds. The number of rotatable bonds is 2. The van der Waals surface area contributed by atoms with Crippen molar-refractivity contribution in [1.82, 2.24) is 0 Å². The molecule has 0 spiro atoms. The van der Waals surface area contributed by atoms with Crippen LogP contribution in [-0.2, 0) is 0 Å². The first-order valence-corrected chi connectivity index (χ1v) is 4.54. The highest BCUT2D eigenvalue weighted by Gasteiger charge is 2.04. The summed E-state index contributed by atoms with van der Waals surface area (Å²) in [5.41, 5.74) is 7.97. The molecular formula is C11H13NO. The molecule has 68 valence electrons. The third-order valence-electron chi connectivity index (χ3n) is 2.35. The van der Waals surface area contributed by atoms with E-state index in [4.69, 9.17) is 10.2 Å². The molecule has 0 aliphatic carbocycles. The zero-order valence-corrected chi connectivity index (χ0v) is 7.66. The van der Waals surface area contributed by atoms with Crippen LogP contribution in [0, 0.1) is 0 Å². The molecule has 0 unspecified atom stereocenters. The molecule has 1 heterocycles. The summed E-state index contributed by atoms with van der Waals surface area (Å²) in [4.78, 5) is 0. The van der Waals surface area contributed by atoms with E-state index in [-0.39, 0.29) is 6.04 Å². The summed E-state index contributed by atoms with van der Waals surface area (Å²) >= 11 is 0. The Morgan fingerprint density at radius 2 is 2.23 bits per heavy atom. The second-order valence-corrected chi connectivity index (χ2v) is 3.23. The molecule has 2 aromatic rings. The van der Waals surface area contributed by atoms with Gasteiger partial charge in [0.05, 0.1) is 6.26 Å². The maximum absolute atomic E-state index is 5.91. The Labute approximate surface area is 77.3 Å². The topological polar surface area (TPSA) is 39.2 Å². The molecule has 0 fully saturated rings. The Kier molecular flexibility index (Phi) is 2.07. The summed E-state index contributed by atoms with van der Waals surface area (Å²) in [6.07, 6.45) is 2.65. The first kappa shape index (κ1) is 8.32. The first-order chi connectivity index (χ1) is 6.31. The van der Waals surface area contributed by atoms with Gasteiger partial charge in [0.2, 0.25) is 0 Å². The molecule has 1 aromatic heterocycles. The Bertz CT molecular complexity index is 405. The quantitative estimate of drug-likeness (QED) is 0.762. The van der Waals surface area contributed by atoms with Gasteiger partial charge in [-0.25, -0.2) is 0 Å². The van der Waals surface area contributed by atoms with Gasteiger partial charge in [-0.15, -0.1) is 0 Å². The summed E-state index contributed by atoms with van der Waals surface area (Å²) in [6.45, 7) is 2.08. The fourth-order valence-corrected chi connectivity index (χ4v) is 1.44. The van der Waals surface area contributed by atoms with Crippen LogP contribution in [0.15, 0.2) is 34.9 Å². The zero-order valence-electron chi connectivity index (χ0n) is 7.66. The average Bonchev–Trinajstić information content (AvgIpc) is 2.63. The van der Waals surface area contributed by atoms with Crippen molar-refractivity contribution in [2.45, 2.75) is 19.4 Å². The van der Waals surface area contributed by atoms with Crippen molar-refractivity contribution in [3.8, 4) is 0 Å². The van der Waals surface area contributed by atoms with Crippen molar-refractivity contribution in [2.75, 3.05) is 0 Å². The van der Waals surface area contributed by atoms with Gasteiger partial charge in [-0.05, 0) is 24.1 Å². The van der Waals surface area contributed by atoms with Gasteiger partial charge in [0.1, 0.15) is 5.58 Å². The molecular weight excluding hydrogens is 162 g/mol. The van der Waals surface area contributed by atoms with Crippen LogP contribution >= 0.6 is 0 Å². The van der Waals surface area contributed by atoms with Gasteiger partial charge in [0.25, 0.3) is 0 Å². The normalized spacial score (nSPS) is 13.4. The summed E-state index contributed by atoms with van der Waals surface area (Å²) in [5, 5.41) is 1.13. The van der Waals surface area contributed by atoms with Gasteiger partial charge in [-0.2, -0.15) is 0 Å². The van der Waals surface area contributed by atoms with Gasteiger partial charge in [0, 0.05) is 11.4 Å². The van der Waals surface area contributed by atoms with Crippen LogP contribution in [-0.4, -0.2) is 0 Å². The predicted molar refractivity (Wildman–Crippen MR) is 53.4 cm³/mol. The van der Waals surface area contributed by atoms with E-state index in [1.165, 1.54) is 0 Å². The fourth-order valence-electron chi connectivity index (χ4n) is 1.44. The van der Waals surface area contributed by atoms with E-state index >= 15 is 0 Å². The lowest BCUT2D eigenvalue weighted by Crippen LogP contribution is -2.07. The molecule has 2 rings (SSSR count). The van der Waals surface area contributed by atoms with E-state index in [1.807, 2.05) is 18.2 Å². The molecule has 1 atom stereocenters. The number of hydrogen-bond donors (Lipinski definition) is 1. The van der Waals surface area contributed by atoms with Crippen molar-refractivity contribution >= 4 is 11.0 Å². The minimum Gasteiger partial charge on any atom is -0.464 e. The molecule has 0 radical (unpaired) electrons. The van der Waals surface area contributed by atoms with Crippen molar-refractivity contribution in [2.24, 2.45) is 5.73 Å². The maximum Gasteiger partial charge on any atom is 0.134 e. The van der Waals surface area contributed by atoms with Crippen LogP contribution in [0.25, 0.3) is 11.0 Å². The van der Waals surface area contributed by atoms with E-state index in [2.05, 4.69) is 13.0 Å². The van der Waals surface area contributed by atoms with Crippen LogP contribution in [0.5, 0.6) is 0 Å². The van der Waals surface area contributed by atoms with E-state index in [1.54, 1.807) is 6.26 Å². The number of hydrogen-bond acceptors (Lipinski definition) is 2. The van der Waals surface area contributed by atoms with Crippen molar-refractivity contribution in [3.05, 3.63) is 36.1 Å². The van der Waals surface area contributed by atoms with Crippen LogP contribution in [0.4, 0.5) is 0 Å². The van der Waals surface area contributed by atoms with Crippen LogP contribution in [0.2, 0.25) is 0 Å². The summed E-state index contributed by atoms with van der Waals surface area (Å²) in [6, 6.07) is 8.20.